The van der Waals surface area contributed by atoms with Crippen molar-refractivity contribution in [2.75, 3.05) is 13.2 Å². The lowest BCUT2D eigenvalue weighted by molar-refractivity contribution is 0.000981. The van der Waals surface area contributed by atoms with E-state index >= 15 is 0 Å². The van der Waals surface area contributed by atoms with Gasteiger partial charge in [0.1, 0.15) is 12.4 Å². The Morgan fingerprint density at radius 1 is 1.25 bits per heavy atom. The molecule has 1 aliphatic carbocycles. The van der Waals surface area contributed by atoms with E-state index in [1.165, 1.54) is 5.56 Å². The molecule has 20 heavy (non-hydrogen) atoms. The Balaban J connectivity index is 2.07. The maximum absolute atomic E-state index is 10.4. The van der Waals surface area contributed by atoms with Crippen LogP contribution in [0.2, 0.25) is 0 Å². The molecule has 0 radical (unpaired) electrons. The van der Waals surface area contributed by atoms with Crippen LogP contribution < -0.4 is 10.1 Å². The summed E-state index contributed by atoms with van der Waals surface area (Å²) in [6.07, 6.45) is 4.96. The SMILES string of the molecule is CCNC(CC)c1ccccc1OCC1(O)CCCC1. The predicted octanol–water partition coefficient (Wildman–Crippen LogP) is 3.43. The number of para-hydroxylation sites is 1. The van der Waals surface area contributed by atoms with Crippen molar-refractivity contribution in [2.24, 2.45) is 0 Å². The fraction of sp³-hybridized carbons (Fsp3) is 0.647. The molecule has 0 amide bonds. The fourth-order valence-corrected chi connectivity index (χ4v) is 3.01. The fourth-order valence-electron chi connectivity index (χ4n) is 3.01. The summed E-state index contributed by atoms with van der Waals surface area (Å²) in [5, 5.41) is 13.9. The minimum Gasteiger partial charge on any atom is -0.490 e. The van der Waals surface area contributed by atoms with Crippen LogP contribution in [0.1, 0.15) is 57.6 Å². The zero-order valence-electron chi connectivity index (χ0n) is 12.7. The zero-order valence-corrected chi connectivity index (χ0v) is 12.7. The Bertz CT molecular complexity index is 413. The minimum atomic E-state index is -0.618. The molecular formula is C17H27NO2. The molecule has 1 fully saturated rings. The van der Waals surface area contributed by atoms with Crippen molar-refractivity contribution in [1.29, 1.82) is 0 Å². The number of ether oxygens (including phenoxy) is 1. The van der Waals surface area contributed by atoms with Crippen LogP contribution in [0, 0.1) is 0 Å². The highest BCUT2D eigenvalue weighted by atomic mass is 16.5. The molecule has 1 saturated carbocycles. The molecule has 2 rings (SSSR count). The van der Waals surface area contributed by atoms with Crippen molar-refractivity contribution in [2.45, 2.75) is 57.6 Å². The molecule has 1 unspecified atom stereocenters. The first-order chi connectivity index (χ1) is 9.68. The van der Waals surface area contributed by atoms with Crippen LogP contribution in [0.3, 0.4) is 0 Å². The Labute approximate surface area is 122 Å². The summed E-state index contributed by atoms with van der Waals surface area (Å²) in [4.78, 5) is 0. The highest BCUT2D eigenvalue weighted by Gasteiger charge is 2.32. The summed E-state index contributed by atoms with van der Waals surface area (Å²) in [6, 6.07) is 8.48. The molecular weight excluding hydrogens is 250 g/mol. The summed E-state index contributed by atoms with van der Waals surface area (Å²) in [7, 11) is 0. The number of benzene rings is 1. The van der Waals surface area contributed by atoms with Gasteiger partial charge in [-0.2, -0.15) is 0 Å². The molecule has 3 heteroatoms. The minimum absolute atomic E-state index is 0.314. The van der Waals surface area contributed by atoms with Crippen LogP contribution in [0.4, 0.5) is 0 Å². The van der Waals surface area contributed by atoms with Crippen LogP contribution in [-0.4, -0.2) is 23.9 Å². The number of hydrogen-bond donors (Lipinski definition) is 2. The molecule has 112 valence electrons. The molecule has 0 aromatic heterocycles. The summed E-state index contributed by atoms with van der Waals surface area (Å²) < 4.78 is 5.96. The first-order valence-electron chi connectivity index (χ1n) is 7.86. The lowest BCUT2D eigenvalue weighted by atomic mass is 10.0. The maximum Gasteiger partial charge on any atom is 0.124 e. The van der Waals surface area contributed by atoms with Gasteiger partial charge in [0.15, 0.2) is 0 Å². The molecule has 1 aromatic rings. The Morgan fingerprint density at radius 3 is 2.60 bits per heavy atom. The van der Waals surface area contributed by atoms with Crippen LogP contribution in [0.25, 0.3) is 0 Å². The van der Waals surface area contributed by atoms with Crippen molar-refractivity contribution in [3.05, 3.63) is 29.8 Å². The van der Waals surface area contributed by atoms with Gasteiger partial charge in [0.05, 0.1) is 5.60 Å². The summed E-state index contributed by atoms with van der Waals surface area (Å²) >= 11 is 0. The molecule has 0 spiro atoms. The monoisotopic (exact) mass is 277 g/mol. The summed E-state index contributed by atoms with van der Waals surface area (Å²) in [5.41, 5.74) is 0.575. The van der Waals surface area contributed by atoms with Crippen molar-refractivity contribution in [3.63, 3.8) is 0 Å². The lowest BCUT2D eigenvalue weighted by Crippen LogP contribution is -2.32. The molecule has 3 nitrogen and oxygen atoms in total. The van der Waals surface area contributed by atoms with Crippen LogP contribution in [-0.2, 0) is 0 Å². The highest BCUT2D eigenvalue weighted by Crippen LogP contribution is 2.32. The molecule has 0 heterocycles. The third kappa shape index (κ3) is 3.74. The van der Waals surface area contributed by atoms with Crippen LogP contribution >= 0.6 is 0 Å². The standard InChI is InChI=1S/C17H27NO2/c1-3-15(18-4-2)14-9-5-6-10-16(14)20-13-17(19)11-7-8-12-17/h5-6,9-10,15,18-19H,3-4,7-8,11-13H2,1-2H3. The first kappa shape index (κ1) is 15.3. The second kappa shape index (κ2) is 7.09. The third-order valence-corrected chi connectivity index (χ3v) is 4.18. The molecule has 2 N–H and O–H groups in total. The van der Waals surface area contributed by atoms with Crippen molar-refractivity contribution in [1.82, 2.24) is 5.32 Å². The average molecular weight is 277 g/mol. The van der Waals surface area contributed by atoms with Gasteiger partial charge in [0.25, 0.3) is 0 Å². The quantitative estimate of drug-likeness (QED) is 0.802. The van der Waals surface area contributed by atoms with Gasteiger partial charge in [-0.3, -0.25) is 0 Å². The molecule has 1 aliphatic rings. The number of hydrogen-bond acceptors (Lipinski definition) is 3. The van der Waals surface area contributed by atoms with E-state index < -0.39 is 5.60 Å². The van der Waals surface area contributed by atoms with Crippen molar-refractivity contribution >= 4 is 0 Å². The van der Waals surface area contributed by atoms with E-state index in [4.69, 9.17) is 4.74 Å². The van der Waals surface area contributed by atoms with Crippen molar-refractivity contribution < 1.29 is 9.84 Å². The summed E-state index contributed by atoms with van der Waals surface area (Å²) in [5.74, 6) is 0.903. The van der Waals surface area contributed by atoms with E-state index in [0.29, 0.717) is 12.6 Å². The molecule has 0 aliphatic heterocycles. The molecule has 0 saturated heterocycles. The number of rotatable bonds is 7. The van der Waals surface area contributed by atoms with E-state index in [1.54, 1.807) is 0 Å². The maximum atomic E-state index is 10.4. The van der Waals surface area contributed by atoms with E-state index in [1.807, 2.05) is 18.2 Å². The predicted molar refractivity (Wildman–Crippen MR) is 82.1 cm³/mol. The molecule has 0 bridgehead atoms. The van der Waals surface area contributed by atoms with Gasteiger partial charge in [0, 0.05) is 11.6 Å². The highest BCUT2D eigenvalue weighted by molar-refractivity contribution is 5.36. The second-order valence-electron chi connectivity index (χ2n) is 5.78. The van der Waals surface area contributed by atoms with Crippen LogP contribution in [0.5, 0.6) is 5.75 Å². The topological polar surface area (TPSA) is 41.5 Å². The van der Waals surface area contributed by atoms with E-state index in [-0.39, 0.29) is 0 Å². The van der Waals surface area contributed by atoms with Gasteiger partial charge >= 0.3 is 0 Å². The normalized spacial score (nSPS) is 18.9. The Hall–Kier alpha value is -1.06. The van der Waals surface area contributed by atoms with E-state index in [0.717, 1.165) is 44.4 Å². The Morgan fingerprint density at radius 2 is 1.95 bits per heavy atom. The van der Waals surface area contributed by atoms with Gasteiger partial charge in [-0.15, -0.1) is 0 Å². The first-order valence-corrected chi connectivity index (χ1v) is 7.86. The number of aliphatic hydroxyl groups is 1. The van der Waals surface area contributed by atoms with Crippen molar-refractivity contribution in [3.8, 4) is 5.75 Å². The smallest absolute Gasteiger partial charge is 0.124 e. The van der Waals surface area contributed by atoms with Gasteiger partial charge < -0.3 is 15.2 Å². The van der Waals surface area contributed by atoms with Gasteiger partial charge in [-0.25, -0.2) is 0 Å². The van der Waals surface area contributed by atoms with Crippen LogP contribution in [0.15, 0.2) is 24.3 Å². The Kier molecular flexibility index (Phi) is 5.44. The zero-order chi connectivity index (χ0) is 14.4. The average Bonchev–Trinajstić information content (AvgIpc) is 2.90. The summed E-state index contributed by atoms with van der Waals surface area (Å²) in [6.45, 7) is 5.64. The largest absolute Gasteiger partial charge is 0.490 e. The van der Waals surface area contributed by atoms with Gasteiger partial charge in [-0.1, -0.05) is 44.9 Å². The van der Waals surface area contributed by atoms with Gasteiger partial charge in [0.2, 0.25) is 0 Å². The third-order valence-electron chi connectivity index (χ3n) is 4.18. The van der Waals surface area contributed by atoms with E-state index in [2.05, 4.69) is 25.2 Å². The number of nitrogens with one attached hydrogen (secondary N) is 1. The van der Waals surface area contributed by atoms with E-state index in [9.17, 15) is 5.11 Å². The molecule has 1 atom stereocenters. The van der Waals surface area contributed by atoms with Gasteiger partial charge in [-0.05, 0) is 31.9 Å². The second-order valence-corrected chi connectivity index (χ2v) is 5.78. The lowest BCUT2D eigenvalue weighted by Gasteiger charge is -2.25. The molecule has 1 aromatic carbocycles.